The molecule has 0 fully saturated rings. The monoisotopic (exact) mass is 253 g/mol. The second kappa shape index (κ2) is 5.02. The molecule has 0 bridgehead atoms. The third-order valence-electron chi connectivity index (χ3n) is 2.90. The molecule has 2 aromatic carbocycles. The number of hydrogen-bond acceptors (Lipinski definition) is 2. The molecule has 0 atom stereocenters. The fraction of sp³-hybridized carbons (Fsp3) is 0.0667. The Balaban J connectivity index is 1.91. The minimum absolute atomic E-state index is 0.223. The van der Waals surface area contributed by atoms with Crippen molar-refractivity contribution in [1.29, 1.82) is 0 Å². The summed E-state index contributed by atoms with van der Waals surface area (Å²) in [5.74, 6) is -0.223. The molecule has 1 aromatic heterocycles. The highest BCUT2D eigenvalue weighted by Gasteiger charge is 2.01. The van der Waals surface area contributed by atoms with E-state index in [0.717, 1.165) is 16.7 Å². The number of nitrogens with zero attached hydrogens (tertiary/aromatic N) is 3. The van der Waals surface area contributed by atoms with Gasteiger partial charge in [-0.05, 0) is 34.9 Å². The summed E-state index contributed by atoms with van der Waals surface area (Å²) in [4.78, 5) is 3.91. The van der Waals surface area contributed by atoms with Crippen LogP contribution in [0.1, 0.15) is 5.56 Å². The summed E-state index contributed by atoms with van der Waals surface area (Å²) in [7, 11) is 0. The van der Waals surface area contributed by atoms with Crippen molar-refractivity contribution in [3.8, 4) is 11.1 Å². The Bertz CT molecular complexity index is 677. The molecule has 0 saturated carbocycles. The van der Waals surface area contributed by atoms with Gasteiger partial charge >= 0.3 is 0 Å². The fourth-order valence-corrected chi connectivity index (χ4v) is 2.02. The van der Waals surface area contributed by atoms with E-state index in [-0.39, 0.29) is 5.82 Å². The van der Waals surface area contributed by atoms with Crippen LogP contribution in [0.3, 0.4) is 0 Å². The summed E-state index contributed by atoms with van der Waals surface area (Å²) in [6, 6.07) is 14.6. The van der Waals surface area contributed by atoms with Crippen molar-refractivity contribution in [3.63, 3.8) is 0 Å². The van der Waals surface area contributed by atoms with Gasteiger partial charge in [0.25, 0.3) is 0 Å². The molecule has 0 spiro atoms. The zero-order valence-corrected chi connectivity index (χ0v) is 10.2. The van der Waals surface area contributed by atoms with E-state index in [0.29, 0.717) is 6.54 Å². The number of hydrogen-bond donors (Lipinski definition) is 0. The highest BCUT2D eigenvalue weighted by molar-refractivity contribution is 5.64. The third-order valence-corrected chi connectivity index (χ3v) is 2.90. The van der Waals surface area contributed by atoms with Gasteiger partial charge in [0.2, 0.25) is 0 Å². The summed E-state index contributed by atoms with van der Waals surface area (Å²) in [6.45, 7) is 0.656. The topological polar surface area (TPSA) is 30.7 Å². The molecule has 0 aliphatic heterocycles. The van der Waals surface area contributed by atoms with Gasteiger partial charge in [-0.3, -0.25) is 0 Å². The molecule has 1 heterocycles. The van der Waals surface area contributed by atoms with E-state index in [1.54, 1.807) is 17.1 Å². The number of benzene rings is 2. The standard InChI is InChI=1S/C15H12FN3/c16-15-6-2-5-14(8-15)13-4-1-3-12(7-13)9-19-11-17-10-18-19/h1-8,10-11H,9H2. The predicted molar refractivity (Wildman–Crippen MR) is 71.0 cm³/mol. The van der Waals surface area contributed by atoms with E-state index in [9.17, 15) is 4.39 Å². The summed E-state index contributed by atoms with van der Waals surface area (Å²) in [5.41, 5.74) is 2.98. The van der Waals surface area contributed by atoms with Crippen molar-refractivity contribution in [1.82, 2.24) is 14.8 Å². The number of aromatic nitrogens is 3. The molecule has 3 rings (SSSR count). The van der Waals surface area contributed by atoms with Gasteiger partial charge in [-0.25, -0.2) is 14.1 Å². The molecule has 3 aromatic rings. The van der Waals surface area contributed by atoms with Crippen LogP contribution >= 0.6 is 0 Å². The quantitative estimate of drug-likeness (QED) is 0.718. The lowest BCUT2D eigenvalue weighted by Crippen LogP contribution is -1.99. The van der Waals surface area contributed by atoms with Crippen LogP contribution in [0.5, 0.6) is 0 Å². The van der Waals surface area contributed by atoms with Crippen LogP contribution in [0.15, 0.2) is 61.2 Å². The van der Waals surface area contributed by atoms with Gasteiger partial charge in [0.1, 0.15) is 18.5 Å². The molecule has 0 unspecified atom stereocenters. The lowest BCUT2D eigenvalue weighted by Gasteiger charge is -2.06. The SMILES string of the molecule is Fc1cccc(-c2cccc(Cn3cncn3)c2)c1. The molecule has 0 N–H and O–H groups in total. The van der Waals surface area contributed by atoms with Crippen LogP contribution in [-0.2, 0) is 6.54 Å². The lowest BCUT2D eigenvalue weighted by atomic mass is 10.0. The van der Waals surface area contributed by atoms with Crippen molar-refractivity contribution in [2.45, 2.75) is 6.54 Å². The Morgan fingerprint density at radius 2 is 1.79 bits per heavy atom. The Labute approximate surface area is 110 Å². The molecule has 4 heteroatoms. The van der Waals surface area contributed by atoms with E-state index >= 15 is 0 Å². The number of halogens is 1. The van der Waals surface area contributed by atoms with Crippen molar-refractivity contribution in [2.24, 2.45) is 0 Å². The second-order valence-electron chi connectivity index (χ2n) is 4.30. The Hall–Kier alpha value is -2.49. The van der Waals surface area contributed by atoms with E-state index in [4.69, 9.17) is 0 Å². The first-order valence-electron chi connectivity index (χ1n) is 5.98. The van der Waals surface area contributed by atoms with Crippen molar-refractivity contribution < 1.29 is 4.39 Å². The van der Waals surface area contributed by atoms with Gasteiger partial charge in [-0.1, -0.05) is 30.3 Å². The molecular weight excluding hydrogens is 241 g/mol. The maximum atomic E-state index is 13.2. The molecule has 0 amide bonds. The van der Waals surface area contributed by atoms with E-state index in [2.05, 4.69) is 10.1 Å². The molecule has 3 nitrogen and oxygen atoms in total. The first-order valence-corrected chi connectivity index (χ1v) is 5.98. The Morgan fingerprint density at radius 3 is 2.53 bits per heavy atom. The zero-order valence-electron chi connectivity index (χ0n) is 10.2. The first kappa shape index (κ1) is 11.6. The first-order chi connectivity index (χ1) is 9.31. The highest BCUT2D eigenvalue weighted by Crippen LogP contribution is 2.21. The summed E-state index contributed by atoms with van der Waals surface area (Å²) < 4.78 is 15.0. The average Bonchev–Trinajstić information content (AvgIpc) is 2.92. The highest BCUT2D eigenvalue weighted by atomic mass is 19.1. The maximum Gasteiger partial charge on any atom is 0.137 e. The summed E-state index contributed by atoms with van der Waals surface area (Å²) >= 11 is 0. The van der Waals surface area contributed by atoms with Crippen molar-refractivity contribution in [3.05, 3.63) is 72.6 Å². The Morgan fingerprint density at radius 1 is 1.00 bits per heavy atom. The van der Waals surface area contributed by atoms with Crippen LogP contribution in [0.4, 0.5) is 4.39 Å². The summed E-state index contributed by atoms with van der Waals surface area (Å²) in [5, 5.41) is 4.07. The molecule has 0 aliphatic carbocycles. The number of rotatable bonds is 3. The van der Waals surface area contributed by atoms with Gasteiger partial charge in [-0.15, -0.1) is 0 Å². The van der Waals surface area contributed by atoms with Crippen LogP contribution in [-0.4, -0.2) is 14.8 Å². The predicted octanol–water partition coefficient (Wildman–Crippen LogP) is 3.13. The van der Waals surface area contributed by atoms with Gasteiger partial charge in [0.05, 0.1) is 6.54 Å². The smallest absolute Gasteiger partial charge is 0.137 e. The summed E-state index contributed by atoms with van der Waals surface area (Å²) in [6.07, 6.45) is 3.19. The minimum atomic E-state index is -0.223. The molecule has 0 aliphatic rings. The van der Waals surface area contributed by atoms with Gasteiger partial charge in [-0.2, -0.15) is 5.10 Å². The van der Waals surface area contributed by atoms with Gasteiger partial charge in [0.15, 0.2) is 0 Å². The molecule has 19 heavy (non-hydrogen) atoms. The normalized spacial score (nSPS) is 10.6. The van der Waals surface area contributed by atoms with Crippen LogP contribution in [0.2, 0.25) is 0 Å². The second-order valence-corrected chi connectivity index (χ2v) is 4.30. The van der Waals surface area contributed by atoms with Crippen molar-refractivity contribution >= 4 is 0 Å². The average molecular weight is 253 g/mol. The van der Waals surface area contributed by atoms with Gasteiger partial charge in [0, 0.05) is 0 Å². The van der Waals surface area contributed by atoms with E-state index in [1.807, 2.05) is 30.3 Å². The maximum absolute atomic E-state index is 13.2. The lowest BCUT2D eigenvalue weighted by molar-refractivity contribution is 0.628. The Kier molecular flexibility index (Phi) is 3.06. The third kappa shape index (κ3) is 2.68. The van der Waals surface area contributed by atoms with E-state index in [1.165, 1.54) is 18.5 Å². The zero-order chi connectivity index (χ0) is 13.1. The fourth-order valence-electron chi connectivity index (χ4n) is 2.02. The molecular formula is C15H12FN3. The molecule has 0 radical (unpaired) electrons. The van der Waals surface area contributed by atoms with E-state index < -0.39 is 0 Å². The van der Waals surface area contributed by atoms with Crippen LogP contribution in [0, 0.1) is 5.82 Å². The molecule has 0 saturated heterocycles. The van der Waals surface area contributed by atoms with Crippen LogP contribution in [0.25, 0.3) is 11.1 Å². The minimum Gasteiger partial charge on any atom is -0.249 e. The van der Waals surface area contributed by atoms with Gasteiger partial charge < -0.3 is 0 Å². The van der Waals surface area contributed by atoms with Crippen molar-refractivity contribution in [2.75, 3.05) is 0 Å². The largest absolute Gasteiger partial charge is 0.249 e. The van der Waals surface area contributed by atoms with Crippen LogP contribution < -0.4 is 0 Å². The molecule has 94 valence electrons.